The first-order valence-corrected chi connectivity index (χ1v) is 9.21. The van der Waals surface area contributed by atoms with Crippen molar-refractivity contribution in [2.24, 2.45) is 11.8 Å². The van der Waals surface area contributed by atoms with Crippen molar-refractivity contribution < 1.29 is 4.79 Å². The Kier molecular flexibility index (Phi) is 3.97. The number of rotatable bonds is 5. The standard InChI is InChI=1S/C18H22N2OS/c21-16(17-11-14-4-2-8-19-18(14)22-17)5-1-3-15-12-20-9-6-13(15)7-10-20/h2,4,8,11,13,15H,1,3,5-7,9-10,12H2. The van der Waals surface area contributed by atoms with Crippen LogP contribution in [0.4, 0.5) is 0 Å². The molecule has 1 unspecified atom stereocenters. The summed E-state index contributed by atoms with van der Waals surface area (Å²) in [5, 5.41) is 1.09. The van der Waals surface area contributed by atoms with Gasteiger partial charge in [-0.3, -0.25) is 4.79 Å². The second kappa shape index (κ2) is 6.09. The van der Waals surface area contributed by atoms with Gasteiger partial charge in [-0.05, 0) is 62.7 Å². The molecule has 1 atom stereocenters. The SMILES string of the molecule is O=C(CCCC1CN2CCC1CC2)c1cc2cccnc2s1. The van der Waals surface area contributed by atoms with Crippen molar-refractivity contribution in [1.82, 2.24) is 9.88 Å². The first-order chi connectivity index (χ1) is 10.8. The lowest BCUT2D eigenvalue weighted by molar-refractivity contribution is 0.0453. The molecule has 2 aromatic heterocycles. The van der Waals surface area contributed by atoms with E-state index in [9.17, 15) is 4.79 Å². The summed E-state index contributed by atoms with van der Waals surface area (Å²) in [7, 11) is 0. The van der Waals surface area contributed by atoms with Gasteiger partial charge in [0.2, 0.25) is 0 Å². The Morgan fingerprint density at radius 2 is 2.23 bits per heavy atom. The zero-order valence-corrected chi connectivity index (χ0v) is 13.6. The highest BCUT2D eigenvalue weighted by Gasteiger charge is 2.33. The molecular weight excluding hydrogens is 292 g/mol. The van der Waals surface area contributed by atoms with Gasteiger partial charge in [-0.25, -0.2) is 4.98 Å². The van der Waals surface area contributed by atoms with Gasteiger partial charge in [-0.1, -0.05) is 6.07 Å². The number of fused-ring (bicyclic) bond motifs is 4. The zero-order chi connectivity index (χ0) is 14.9. The molecule has 2 aromatic rings. The van der Waals surface area contributed by atoms with Gasteiger partial charge >= 0.3 is 0 Å². The third-order valence-corrected chi connectivity index (χ3v) is 6.44. The fourth-order valence-electron chi connectivity index (χ4n) is 4.07. The van der Waals surface area contributed by atoms with E-state index >= 15 is 0 Å². The van der Waals surface area contributed by atoms with Crippen molar-refractivity contribution >= 4 is 27.3 Å². The molecule has 0 saturated carbocycles. The number of hydrogen-bond donors (Lipinski definition) is 0. The lowest BCUT2D eigenvalue weighted by Gasteiger charge is -2.45. The number of carbonyl (C=O) groups excluding carboxylic acids is 1. The van der Waals surface area contributed by atoms with Crippen molar-refractivity contribution in [3.05, 3.63) is 29.3 Å². The van der Waals surface area contributed by atoms with Crippen LogP contribution in [0.15, 0.2) is 24.4 Å². The van der Waals surface area contributed by atoms with Crippen LogP contribution in [0.2, 0.25) is 0 Å². The van der Waals surface area contributed by atoms with Gasteiger partial charge in [0.25, 0.3) is 0 Å². The number of nitrogens with zero attached hydrogens (tertiary/aromatic N) is 2. The van der Waals surface area contributed by atoms with Crippen molar-refractivity contribution in [3.8, 4) is 0 Å². The lowest BCUT2D eigenvalue weighted by Crippen LogP contribution is -2.47. The van der Waals surface area contributed by atoms with Gasteiger partial charge in [-0.15, -0.1) is 11.3 Å². The van der Waals surface area contributed by atoms with E-state index in [0.29, 0.717) is 12.2 Å². The summed E-state index contributed by atoms with van der Waals surface area (Å²) >= 11 is 1.53. The van der Waals surface area contributed by atoms with Crippen molar-refractivity contribution in [2.75, 3.05) is 19.6 Å². The number of pyridine rings is 1. The molecule has 3 fully saturated rings. The minimum atomic E-state index is 0.296. The van der Waals surface area contributed by atoms with Crippen LogP contribution >= 0.6 is 11.3 Å². The van der Waals surface area contributed by atoms with Crippen molar-refractivity contribution in [3.63, 3.8) is 0 Å². The van der Waals surface area contributed by atoms with E-state index in [1.807, 2.05) is 18.2 Å². The van der Waals surface area contributed by atoms with Gasteiger partial charge in [0.05, 0.1) is 4.88 Å². The smallest absolute Gasteiger partial charge is 0.172 e. The number of thiophene rings is 1. The Balaban J connectivity index is 1.32. The summed E-state index contributed by atoms with van der Waals surface area (Å²) in [5.74, 6) is 2.05. The summed E-state index contributed by atoms with van der Waals surface area (Å²) in [4.78, 5) is 21.2. The molecule has 3 nitrogen and oxygen atoms in total. The van der Waals surface area contributed by atoms with E-state index in [1.54, 1.807) is 6.20 Å². The number of ketones is 1. The minimum absolute atomic E-state index is 0.296. The molecule has 22 heavy (non-hydrogen) atoms. The molecule has 4 heteroatoms. The molecule has 3 aliphatic heterocycles. The maximum absolute atomic E-state index is 12.4. The van der Waals surface area contributed by atoms with Gasteiger partial charge < -0.3 is 4.90 Å². The number of carbonyl (C=O) groups is 1. The average molecular weight is 314 g/mol. The summed E-state index contributed by atoms with van der Waals surface area (Å²) in [6.07, 6.45) is 7.49. The molecule has 5 rings (SSSR count). The van der Waals surface area contributed by atoms with Crippen LogP contribution in [0, 0.1) is 11.8 Å². The fourth-order valence-corrected chi connectivity index (χ4v) is 5.04. The maximum Gasteiger partial charge on any atom is 0.172 e. The monoisotopic (exact) mass is 314 g/mol. The highest BCUT2D eigenvalue weighted by Crippen LogP contribution is 2.35. The van der Waals surface area contributed by atoms with Crippen LogP contribution in [0.25, 0.3) is 10.2 Å². The highest BCUT2D eigenvalue weighted by atomic mass is 32.1. The van der Waals surface area contributed by atoms with Crippen molar-refractivity contribution in [1.29, 1.82) is 0 Å². The Hall–Kier alpha value is -1.26. The van der Waals surface area contributed by atoms with Crippen LogP contribution in [-0.2, 0) is 0 Å². The third-order valence-electron chi connectivity index (χ3n) is 5.34. The lowest BCUT2D eigenvalue weighted by atomic mass is 9.76. The Labute approximate surface area is 135 Å². The molecule has 3 saturated heterocycles. The van der Waals surface area contributed by atoms with Crippen LogP contribution < -0.4 is 0 Å². The topological polar surface area (TPSA) is 33.2 Å². The summed E-state index contributed by atoms with van der Waals surface area (Å²) in [5.41, 5.74) is 0. The van der Waals surface area contributed by atoms with Crippen LogP contribution in [0.5, 0.6) is 0 Å². The van der Waals surface area contributed by atoms with E-state index in [-0.39, 0.29) is 0 Å². The first-order valence-electron chi connectivity index (χ1n) is 8.40. The first kappa shape index (κ1) is 14.3. The predicted molar refractivity (Wildman–Crippen MR) is 90.5 cm³/mol. The zero-order valence-electron chi connectivity index (χ0n) is 12.8. The molecule has 0 aromatic carbocycles. The van der Waals surface area contributed by atoms with E-state index in [4.69, 9.17) is 0 Å². The van der Waals surface area contributed by atoms with E-state index < -0.39 is 0 Å². The van der Waals surface area contributed by atoms with Crippen molar-refractivity contribution in [2.45, 2.75) is 32.1 Å². The molecule has 3 aliphatic rings. The van der Waals surface area contributed by atoms with Crippen LogP contribution in [0.1, 0.15) is 41.8 Å². The predicted octanol–water partition coefficient (Wildman–Crippen LogP) is 3.99. The minimum Gasteiger partial charge on any atom is -0.303 e. The van der Waals surface area contributed by atoms with E-state index in [2.05, 4.69) is 9.88 Å². The second-order valence-corrected chi connectivity index (χ2v) is 7.75. The van der Waals surface area contributed by atoms with E-state index in [0.717, 1.165) is 33.4 Å². The van der Waals surface area contributed by atoms with E-state index in [1.165, 1.54) is 50.2 Å². The van der Waals surface area contributed by atoms with Gasteiger partial charge in [-0.2, -0.15) is 0 Å². The highest BCUT2D eigenvalue weighted by molar-refractivity contribution is 7.20. The summed E-state index contributed by atoms with van der Waals surface area (Å²) < 4.78 is 0. The maximum atomic E-state index is 12.4. The molecule has 0 amide bonds. The molecular formula is C18H22N2OS. The fraction of sp³-hybridized carbons (Fsp3) is 0.556. The summed E-state index contributed by atoms with van der Waals surface area (Å²) in [6, 6.07) is 5.96. The number of piperidine rings is 3. The summed E-state index contributed by atoms with van der Waals surface area (Å²) in [6.45, 7) is 3.87. The number of aromatic nitrogens is 1. The molecule has 2 bridgehead atoms. The van der Waals surface area contributed by atoms with Gasteiger partial charge in [0.15, 0.2) is 5.78 Å². The average Bonchev–Trinajstić information content (AvgIpc) is 3.00. The third kappa shape index (κ3) is 2.82. The quantitative estimate of drug-likeness (QED) is 0.782. The molecule has 116 valence electrons. The largest absolute Gasteiger partial charge is 0.303 e. The van der Waals surface area contributed by atoms with Crippen LogP contribution in [-0.4, -0.2) is 35.3 Å². The van der Waals surface area contributed by atoms with Gasteiger partial charge in [0.1, 0.15) is 4.83 Å². The molecule has 5 heterocycles. The Morgan fingerprint density at radius 1 is 1.36 bits per heavy atom. The second-order valence-electron chi connectivity index (χ2n) is 6.72. The van der Waals surface area contributed by atoms with Gasteiger partial charge in [0, 0.05) is 24.5 Å². The molecule has 0 aliphatic carbocycles. The molecule has 0 radical (unpaired) electrons. The Morgan fingerprint density at radius 3 is 2.95 bits per heavy atom. The molecule has 0 spiro atoms. The number of Topliss-reactive ketones (excluding diaryl/α,β-unsaturated/α-hetero) is 1. The normalized spacial score (nSPS) is 27.4. The Bertz CT molecular complexity index is 640. The number of hydrogen-bond acceptors (Lipinski definition) is 4. The molecule has 0 N–H and O–H groups in total. The van der Waals surface area contributed by atoms with Crippen LogP contribution in [0.3, 0.4) is 0 Å².